The average molecular weight is 346 g/mol. The van der Waals surface area contributed by atoms with Crippen molar-refractivity contribution in [2.24, 2.45) is 0 Å². The minimum absolute atomic E-state index is 0.198. The predicted octanol–water partition coefficient (Wildman–Crippen LogP) is 4.18. The van der Waals surface area contributed by atoms with Crippen molar-refractivity contribution in [3.05, 3.63) is 69.9 Å². The Balaban J connectivity index is 2.52. The van der Waals surface area contributed by atoms with Crippen LogP contribution in [0, 0.1) is 17.1 Å². The van der Waals surface area contributed by atoms with E-state index < -0.39 is 5.41 Å². The third kappa shape index (κ3) is 3.03. The fourth-order valence-electron chi connectivity index (χ4n) is 2.29. The Morgan fingerprint density at radius 1 is 1.29 bits per heavy atom. The summed E-state index contributed by atoms with van der Waals surface area (Å²) >= 11 is 3.29. The van der Waals surface area contributed by atoms with Crippen LogP contribution in [-0.2, 0) is 16.6 Å². The molecular formula is C17H13BrFNO. The minimum Gasteiger partial charge on any atom is -0.298 e. The Morgan fingerprint density at radius 3 is 2.48 bits per heavy atom. The quantitative estimate of drug-likeness (QED) is 0.833. The Labute approximate surface area is 131 Å². The lowest BCUT2D eigenvalue weighted by atomic mass is 9.74. The molecule has 1 atom stereocenters. The van der Waals surface area contributed by atoms with Gasteiger partial charge in [0, 0.05) is 10.9 Å². The Kier molecular flexibility index (Phi) is 4.54. The van der Waals surface area contributed by atoms with E-state index in [2.05, 4.69) is 22.0 Å². The van der Waals surface area contributed by atoms with Gasteiger partial charge < -0.3 is 0 Å². The molecule has 0 spiro atoms. The zero-order valence-corrected chi connectivity index (χ0v) is 13.0. The molecule has 2 rings (SSSR count). The van der Waals surface area contributed by atoms with Gasteiger partial charge in [-0.05, 0) is 30.2 Å². The van der Waals surface area contributed by atoms with Crippen LogP contribution in [-0.4, -0.2) is 5.78 Å². The lowest BCUT2D eigenvalue weighted by molar-refractivity contribution is -0.120. The van der Waals surface area contributed by atoms with Gasteiger partial charge in [0.2, 0.25) is 0 Å². The second-order valence-electron chi connectivity index (χ2n) is 4.85. The molecule has 0 radical (unpaired) electrons. The maximum Gasteiger partial charge on any atom is 0.154 e. The van der Waals surface area contributed by atoms with Crippen LogP contribution in [0.25, 0.3) is 0 Å². The molecule has 1 unspecified atom stereocenters. The molecule has 0 aliphatic rings. The minimum atomic E-state index is -1.26. The van der Waals surface area contributed by atoms with Crippen LogP contribution in [0.15, 0.2) is 53.0 Å². The number of benzene rings is 2. The molecule has 2 aromatic carbocycles. The van der Waals surface area contributed by atoms with E-state index in [9.17, 15) is 14.4 Å². The predicted molar refractivity (Wildman–Crippen MR) is 82.2 cm³/mol. The van der Waals surface area contributed by atoms with Gasteiger partial charge in [0.15, 0.2) is 5.78 Å². The van der Waals surface area contributed by atoms with Crippen molar-refractivity contribution >= 4 is 21.7 Å². The van der Waals surface area contributed by atoms with E-state index in [4.69, 9.17) is 0 Å². The normalized spacial score (nSPS) is 13.2. The molecule has 0 saturated heterocycles. The highest BCUT2D eigenvalue weighted by molar-refractivity contribution is 9.10. The molecule has 0 aliphatic heterocycles. The summed E-state index contributed by atoms with van der Waals surface area (Å²) in [6, 6.07) is 15.4. The number of carbonyl (C=O) groups is 1. The topological polar surface area (TPSA) is 40.9 Å². The van der Waals surface area contributed by atoms with Crippen LogP contribution < -0.4 is 0 Å². The van der Waals surface area contributed by atoms with Gasteiger partial charge in [0.25, 0.3) is 0 Å². The standard InChI is InChI=1S/C17H13BrFNO/c1-12(21)17(11-20,14-5-3-2-4-6-14)10-13-7-8-15(19)9-16(13)18/h2-9H,10H2,1H3. The first-order chi connectivity index (χ1) is 9.99. The van der Waals surface area contributed by atoms with Crippen LogP contribution in [0.3, 0.4) is 0 Å². The first kappa shape index (κ1) is 15.4. The first-order valence-electron chi connectivity index (χ1n) is 6.41. The van der Waals surface area contributed by atoms with Crippen LogP contribution in [0.1, 0.15) is 18.1 Å². The van der Waals surface area contributed by atoms with E-state index in [0.29, 0.717) is 10.0 Å². The lowest BCUT2D eigenvalue weighted by Crippen LogP contribution is -2.35. The maximum absolute atomic E-state index is 13.2. The Morgan fingerprint density at radius 2 is 1.95 bits per heavy atom. The van der Waals surface area contributed by atoms with Crippen LogP contribution in [0.4, 0.5) is 4.39 Å². The summed E-state index contributed by atoms with van der Waals surface area (Å²) in [5.74, 6) is -0.594. The van der Waals surface area contributed by atoms with E-state index in [0.717, 1.165) is 5.56 Å². The fourth-order valence-corrected chi connectivity index (χ4v) is 2.78. The average Bonchev–Trinajstić information content (AvgIpc) is 2.47. The van der Waals surface area contributed by atoms with Gasteiger partial charge in [-0.1, -0.05) is 52.3 Å². The summed E-state index contributed by atoms with van der Waals surface area (Å²) in [5, 5.41) is 9.65. The molecule has 0 N–H and O–H groups in total. The summed E-state index contributed by atoms with van der Waals surface area (Å²) in [6.07, 6.45) is 0.198. The summed E-state index contributed by atoms with van der Waals surface area (Å²) in [7, 11) is 0. The van der Waals surface area contributed by atoms with Crippen molar-refractivity contribution in [1.29, 1.82) is 5.26 Å². The smallest absolute Gasteiger partial charge is 0.154 e. The second kappa shape index (κ2) is 6.19. The van der Waals surface area contributed by atoms with E-state index in [1.165, 1.54) is 19.1 Å². The number of rotatable bonds is 4. The summed E-state index contributed by atoms with van der Waals surface area (Å²) in [6.45, 7) is 1.41. The number of hydrogen-bond acceptors (Lipinski definition) is 2. The summed E-state index contributed by atoms with van der Waals surface area (Å²) in [4.78, 5) is 12.2. The molecule has 0 aromatic heterocycles. The van der Waals surface area contributed by atoms with Gasteiger partial charge in [-0.15, -0.1) is 0 Å². The van der Waals surface area contributed by atoms with E-state index in [1.807, 2.05) is 6.07 Å². The highest BCUT2D eigenvalue weighted by atomic mass is 79.9. The third-order valence-corrected chi connectivity index (χ3v) is 4.27. The molecular weight excluding hydrogens is 333 g/mol. The molecule has 0 aliphatic carbocycles. The summed E-state index contributed by atoms with van der Waals surface area (Å²) < 4.78 is 13.7. The van der Waals surface area contributed by atoms with Crippen molar-refractivity contribution in [3.63, 3.8) is 0 Å². The number of Topliss-reactive ketones (excluding diaryl/α,β-unsaturated/α-hetero) is 1. The molecule has 2 nitrogen and oxygen atoms in total. The van der Waals surface area contributed by atoms with Crippen molar-refractivity contribution in [2.75, 3.05) is 0 Å². The number of halogens is 2. The monoisotopic (exact) mass is 345 g/mol. The highest BCUT2D eigenvalue weighted by Gasteiger charge is 2.38. The zero-order valence-electron chi connectivity index (χ0n) is 11.4. The van der Waals surface area contributed by atoms with Crippen molar-refractivity contribution in [2.45, 2.75) is 18.8 Å². The zero-order chi connectivity index (χ0) is 15.5. The van der Waals surface area contributed by atoms with Gasteiger partial charge in [0.1, 0.15) is 11.2 Å². The van der Waals surface area contributed by atoms with Crippen molar-refractivity contribution in [1.82, 2.24) is 0 Å². The maximum atomic E-state index is 13.2. The molecule has 0 heterocycles. The van der Waals surface area contributed by atoms with Crippen LogP contribution >= 0.6 is 15.9 Å². The first-order valence-corrected chi connectivity index (χ1v) is 7.20. The number of nitrogens with zero attached hydrogens (tertiary/aromatic N) is 1. The molecule has 0 bridgehead atoms. The molecule has 0 amide bonds. The molecule has 0 fully saturated rings. The highest BCUT2D eigenvalue weighted by Crippen LogP contribution is 2.32. The SMILES string of the molecule is CC(=O)C(C#N)(Cc1ccc(F)cc1Br)c1ccccc1. The number of carbonyl (C=O) groups excluding carboxylic acids is 1. The Bertz CT molecular complexity index is 708. The van der Waals surface area contributed by atoms with Gasteiger partial charge in [-0.3, -0.25) is 4.79 Å². The fraction of sp³-hybridized carbons (Fsp3) is 0.176. The van der Waals surface area contributed by atoms with Crippen molar-refractivity contribution in [3.8, 4) is 6.07 Å². The van der Waals surface area contributed by atoms with Gasteiger partial charge in [0.05, 0.1) is 6.07 Å². The number of ketones is 1. The molecule has 106 valence electrons. The van der Waals surface area contributed by atoms with E-state index >= 15 is 0 Å². The number of hydrogen-bond donors (Lipinski definition) is 0. The molecule has 0 saturated carbocycles. The van der Waals surface area contributed by atoms with Gasteiger partial charge in [-0.25, -0.2) is 4.39 Å². The van der Waals surface area contributed by atoms with E-state index in [-0.39, 0.29) is 18.0 Å². The lowest BCUT2D eigenvalue weighted by Gasteiger charge is -2.25. The third-order valence-electron chi connectivity index (χ3n) is 3.53. The number of nitriles is 1. The molecule has 4 heteroatoms. The van der Waals surface area contributed by atoms with Gasteiger partial charge >= 0.3 is 0 Å². The second-order valence-corrected chi connectivity index (χ2v) is 5.71. The Hall–Kier alpha value is -1.99. The van der Waals surface area contributed by atoms with E-state index in [1.54, 1.807) is 30.3 Å². The van der Waals surface area contributed by atoms with Crippen LogP contribution in [0.2, 0.25) is 0 Å². The van der Waals surface area contributed by atoms with Gasteiger partial charge in [-0.2, -0.15) is 5.26 Å². The molecule has 2 aromatic rings. The van der Waals surface area contributed by atoms with Crippen molar-refractivity contribution < 1.29 is 9.18 Å². The molecule has 21 heavy (non-hydrogen) atoms. The largest absolute Gasteiger partial charge is 0.298 e. The summed E-state index contributed by atoms with van der Waals surface area (Å²) in [5.41, 5.74) is 0.106. The van der Waals surface area contributed by atoms with Crippen LogP contribution in [0.5, 0.6) is 0 Å².